The van der Waals surface area contributed by atoms with Gasteiger partial charge in [-0.3, -0.25) is 14.9 Å². The van der Waals surface area contributed by atoms with E-state index in [1.165, 1.54) is 31.4 Å². The molecule has 3 rings (SSSR count). The van der Waals surface area contributed by atoms with Gasteiger partial charge in [0, 0.05) is 0 Å². The van der Waals surface area contributed by atoms with E-state index in [1.54, 1.807) is 18.2 Å². The van der Waals surface area contributed by atoms with Crippen molar-refractivity contribution in [2.45, 2.75) is 6.92 Å². The predicted molar refractivity (Wildman–Crippen MR) is 94.8 cm³/mol. The van der Waals surface area contributed by atoms with Gasteiger partial charge < -0.3 is 9.84 Å². The molecule has 2 aromatic rings. The lowest BCUT2D eigenvalue weighted by Crippen LogP contribution is -2.54. The Kier molecular flexibility index (Phi) is 4.45. The molecule has 1 fully saturated rings. The van der Waals surface area contributed by atoms with Gasteiger partial charge in [-0.1, -0.05) is 18.2 Å². The normalized spacial score (nSPS) is 16.0. The van der Waals surface area contributed by atoms with Gasteiger partial charge in [0.25, 0.3) is 11.8 Å². The van der Waals surface area contributed by atoms with E-state index >= 15 is 0 Å². The van der Waals surface area contributed by atoms with Gasteiger partial charge in [0.15, 0.2) is 11.5 Å². The number of phenolic OH excluding ortho intramolecular Hbond substituents is 1. The average molecular weight is 352 g/mol. The van der Waals surface area contributed by atoms with Crippen molar-refractivity contribution in [1.29, 1.82) is 0 Å². The zero-order chi connectivity index (χ0) is 18.8. The Morgan fingerprint density at radius 1 is 1.12 bits per heavy atom. The topological polar surface area (TPSA) is 95.9 Å². The highest BCUT2D eigenvalue weighted by molar-refractivity contribution is 6.39. The van der Waals surface area contributed by atoms with E-state index in [1.807, 2.05) is 13.0 Å². The quantitative estimate of drug-likeness (QED) is 0.653. The predicted octanol–water partition coefficient (Wildman–Crippen LogP) is 2.38. The van der Waals surface area contributed by atoms with Crippen molar-refractivity contribution < 1.29 is 24.2 Å². The minimum atomic E-state index is -0.800. The van der Waals surface area contributed by atoms with E-state index in [0.717, 1.165) is 10.5 Å². The number of anilines is 1. The van der Waals surface area contributed by atoms with E-state index in [4.69, 9.17) is 4.74 Å². The highest BCUT2D eigenvalue weighted by atomic mass is 16.5. The lowest BCUT2D eigenvalue weighted by molar-refractivity contribution is -0.122. The molecular formula is C19H16N2O5. The summed E-state index contributed by atoms with van der Waals surface area (Å²) in [5.41, 5.74) is 1.51. The van der Waals surface area contributed by atoms with Crippen LogP contribution in [0.25, 0.3) is 6.08 Å². The van der Waals surface area contributed by atoms with E-state index in [0.29, 0.717) is 11.3 Å². The number of aromatic hydroxyl groups is 1. The zero-order valence-corrected chi connectivity index (χ0v) is 14.1. The number of hydrogen-bond acceptors (Lipinski definition) is 5. The average Bonchev–Trinajstić information content (AvgIpc) is 2.60. The molecule has 4 amide bonds. The van der Waals surface area contributed by atoms with E-state index < -0.39 is 17.8 Å². The minimum absolute atomic E-state index is 0.0642. The number of phenols is 1. The molecule has 0 atom stereocenters. The molecule has 1 saturated heterocycles. The number of ether oxygens (including phenoxy) is 1. The number of benzene rings is 2. The molecule has 2 N–H and O–H groups in total. The van der Waals surface area contributed by atoms with Gasteiger partial charge in [-0.25, -0.2) is 9.69 Å². The van der Waals surface area contributed by atoms with Gasteiger partial charge in [-0.15, -0.1) is 0 Å². The molecule has 0 bridgehead atoms. The highest BCUT2D eigenvalue weighted by Gasteiger charge is 2.36. The Morgan fingerprint density at radius 3 is 2.58 bits per heavy atom. The van der Waals surface area contributed by atoms with Crippen molar-refractivity contribution in [1.82, 2.24) is 5.32 Å². The Balaban J connectivity index is 2.03. The molecular weight excluding hydrogens is 336 g/mol. The van der Waals surface area contributed by atoms with Crippen molar-refractivity contribution in [3.63, 3.8) is 0 Å². The highest BCUT2D eigenvalue weighted by Crippen LogP contribution is 2.28. The molecule has 0 aliphatic carbocycles. The monoisotopic (exact) mass is 352 g/mol. The molecule has 0 saturated carbocycles. The summed E-state index contributed by atoms with van der Waals surface area (Å²) in [6.07, 6.45) is 1.34. The van der Waals surface area contributed by atoms with Gasteiger partial charge >= 0.3 is 6.03 Å². The van der Waals surface area contributed by atoms with Crippen molar-refractivity contribution in [2.24, 2.45) is 0 Å². The summed E-state index contributed by atoms with van der Waals surface area (Å²) in [5, 5.41) is 11.8. The third kappa shape index (κ3) is 3.14. The molecule has 26 heavy (non-hydrogen) atoms. The second kappa shape index (κ2) is 6.72. The van der Waals surface area contributed by atoms with Crippen LogP contribution in [0.4, 0.5) is 10.5 Å². The van der Waals surface area contributed by atoms with Crippen LogP contribution in [0.1, 0.15) is 11.1 Å². The van der Waals surface area contributed by atoms with Crippen LogP contribution in [-0.2, 0) is 9.59 Å². The molecule has 1 aliphatic heterocycles. The van der Waals surface area contributed by atoms with Crippen LogP contribution >= 0.6 is 0 Å². The Bertz CT molecular complexity index is 949. The molecule has 0 radical (unpaired) electrons. The summed E-state index contributed by atoms with van der Waals surface area (Å²) in [6, 6.07) is 10.4. The van der Waals surface area contributed by atoms with Crippen molar-refractivity contribution >= 4 is 29.6 Å². The molecule has 1 heterocycles. The first kappa shape index (κ1) is 17.2. The molecule has 0 spiro atoms. The maximum atomic E-state index is 12.8. The smallest absolute Gasteiger partial charge is 0.335 e. The summed E-state index contributed by atoms with van der Waals surface area (Å²) < 4.78 is 5.02. The first-order chi connectivity index (χ1) is 12.4. The number of urea groups is 1. The number of barbiturate groups is 1. The Labute approximate surface area is 149 Å². The molecule has 1 aliphatic rings. The molecule has 0 unspecified atom stereocenters. The van der Waals surface area contributed by atoms with Gasteiger partial charge in [0.05, 0.1) is 12.8 Å². The third-order valence-electron chi connectivity index (χ3n) is 3.88. The lowest BCUT2D eigenvalue weighted by atomic mass is 10.1. The summed E-state index contributed by atoms with van der Waals surface area (Å²) in [7, 11) is 1.39. The standard InChI is InChI=1S/C19H16N2O5/c1-11-4-3-5-13(8-11)21-18(24)14(17(23)20-19(21)25)9-12-6-7-15(22)16(10-12)26-2/h3-10,22H,1-2H3,(H,20,23,25)/b14-9+. The number of rotatable bonds is 3. The number of nitrogens with one attached hydrogen (secondary N) is 1. The number of nitrogens with zero attached hydrogens (tertiary/aromatic N) is 1. The molecule has 7 heteroatoms. The van der Waals surface area contributed by atoms with E-state index in [9.17, 15) is 19.5 Å². The number of hydrogen-bond donors (Lipinski definition) is 2. The maximum Gasteiger partial charge on any atom is 0.335 e. The Hall–Kier alpha value is -3.61. The van der Waals surface area contributed by atoms with E-state index in [2.05, 4.69) is 5.32 Å². The van der Waals surface area contributed by atoms with Gasteiger partial charge in [0.1, 0.15) is 5.57 Å². The number of amides is 4. The fourth-order valence-electron chi connectivity index (χ4n) is 2.61. The molecule has 2 aromatic carbocycles. The number of carbonyl (C=O) groups excluding carboxylic acids is 3. The van der Waals surface area contributed by atoms with Crippen LogP contribution in [0.15, 0.2) is 48.0 Å². The minimum Gasteiger partial charge on any atom is -0.504 e. The molecule has 132 valence electrons. The van der Waals surface area contributed by atoms with Crippen LogP contribution in [0.2, 0.25) is 0 Å². The Morgan fingerprint density at radius 2 is 1.88 bits per heavy atom. The number of carbonyl (C=O) groups is 3. The molecule has 0 aromatic heterocycles. The largest absolute Gasteiger partial charge is 0.504 e. The van der Waals surface area contributed by atoms with Gasteiger partial charge in [-0.2, -0.15) is 0 Å². The van der Waals surface area contributed by atoms with Crippen LogP contribution in [0.5, 0.6) is 11.5 Å². The van der Waals surface area contributed by atoms with E-state index in [-0.39, 0.29) is 17.1 Å². The van der Waals surface area contributed by atoms with Crippen LogP contribution in [0.3, 0.4) is 0 Å². The second-order valence-corrected chi connectivity index (χ2v) is 5.73. The van der Waals surface area contributed by atoms with Crippen LogP contribution < -0.4 is 15.0 Å². The summed E-state index contributed by atoms with van der Waals surface area (Å²) >= 11 is 0. The first-order valence-corrected chi connectivity index (χ1v) is 7.76. The van der Waals surface area contributed by atoms with Crippen molar-refractivity contribution in [3.8, 4) is 11.5 Å². The number of imide groups is 2. The second-order valence-electron chi connectivity index (χ2n) is 5.73. The summed E-state index contributed by atoms with van der Waals surface area (Å²) in [5.74, 6) is -1.37. The summed E-state index contributed by atoms with van der Waals surface area (Å²) in [4.78, 5) is 38.0. The fourth-order valence-corrected chi connectivity index (χ4v) is 2.61. The number of aryl methyl sites for hydroxylation is 1. The van der Waals surface area contributed by atoms with Gasteiger partial charge in [-0.05, 0) is 48.4 Å². The maximum absolute atomic E-state index is 12.8. The SMILES string of the molecule is COc1cc(/C=C2\C(=O)NC(=O)N(c3cccc(C)c3)C2=O)ccc1O. The van der Waals surface area contributed by atoms with Crippen molar-refractivity contribution in [3.05, 3.63) is 59.2 Å². The van der Waals surface area contributed by atoms with Crippen LogP contribution in [-0.4, -0.2) is 30.1 Å². The fraction of sp³-hybridized carbons (Fsp3) is 0.105. The zero-order valence-electron chi connectivity index (χ0n) is 14.1. The first-order valence-electron chi connectivity index (χ1n) is 7.76. The van der Waals surface area contributed by atoms with Crippen molar-refractivity contribution in [2.75, 3.05) is 12.0 Å². The lowest BCUT2D eigenvalue weighted by Gasteiger charge is -2.26. The van der Waals surface area contributed by atoms with Crippen LogP contribution in [0, 0.1) is 6.92 Å². The molecule has 7 nitrogen and oxygen atoms in total. The third-order valence-corrected chi connectivity index (χ3v) is 3.88. The summed E-state index contributed by atoms with van der Waals surface area (Å²) in [6.45, 7) is 1.83. The number of methoxy groups -OCH3 is 1. The van der Waals surface area contributed by atoms with Gasteiger partial charge in [0.2, 0.25) is 0 Å².